The van der Waals surface area contributed by atoms with Crippen molar-refractivity contribution in [3.63, 3.8) is 0 Å². The van der Waals surface area contributed by atoms with Gasteiger partial charge in [0.1, 0.15) is 12.1 Å². The number of carbonyl (C=O) groups excluding carboxylic acids is 1. The summed E-state index contributed by atoms with van der Waals surface area (Å²) in [6.45, 7) is 11.4. The molecule has 1 unspecified atom stereocenters. The topological polar surface area (TPSA) is 65.4 Å². The van der Waals surface area contributed by atoms with Crippen LogP contribution in [0.4, 0.5) is 0 Å². The Morgan fingerprint density at radius 3 is 2.34 bits per heavy atom. The lowest BCUT2D eigenvalue weighted by Crippen LogP contribution is -2.43. The van der Waals surface area contributed by atoms with Crippen molar-refractivity contribution >= 4 is 17.8 Å². The van der Waals surface area contributed by atoms with Gasteiger partial charge in [0.2, 0.25) is 0 Å². The van der Waals surface area contributed by atoms with Crippen LogP contribution in [0.2, 0.25) is 0 Å². The predicted molar refractivity (Wildman–Crippen MR) is 148 cm³/mol. The van der Waals surface area contributed by atoms with Crippen molar-refractivity contribution in [3.05, 3.63) is 41.5 Å². The zero-order chi connectivity index (χ0) is 26.1. The largest absolute Gasteiger partial charge is 0.396 e. The summed E-state index contributed by atoms with van der Waals surface area (Å²) in [6, 6.07) is 8.33. The summed E-state index contributed by atoms with van der Waals surface area (Å²) in [5.74, 6) is 1.73. The molecule has 6 heteroatoms. The first kappa shape index (κ1) is 31.0. The molecule has 0 spiro atoms. The van der Waals surface area contributed by atoms with Crippen LogP contribution >= 0.6 is 0 Å². The highest BCUT2D eigenvalue weighted by molar-refractivity contribution is 5.91. The van der Waals surface area contributed by atoms with Crippen molar-refractivity contribution < 1.29 is 14.6 Å². The van der Waals surface area contributed by atoms with Gasteiger partial charge < -0.3 is 24.4 Å². The van der Waals surface area contributed by atoms with Crippen LogP contribution < -0.4 is 0 Å². The number of aliphatic hydroxyl groups excluding tert-OH is 1. The third-order valence-electron chi connectivity index (χ3n) is 6.43. The van der Waals surface area contributed by atoms with Crippen LogP contribution in [0.5, 0.6) is 0 Å². The number of benzene rings is 1. The highest BCUT2D eigenvalue weighted by atomic mass is 16.5. The lowest BCUT2D eigenvalue weighted by atomic mass is 9.94. The molecule has 1 atom stereocenters. The number of aldehydes is 1. The Bertz CT molecular complexity index is 753. The summed E-state index contributed by atoms with van der Waals surface area (Å²) >= 11 is 0. The summed E-state index contributed by atoms with van der Waals surface area (Å²) < 4.78 is 5.58. The zero-order valence-corrected chi connectivity index (χ0v) is 23.0. The average molecular weight is 488 g/mol. The van der Waals surface area contributed by atoms with Gasteiger partial charge >= 0.3 is 0 Å². The first-order chi connectivity index (χ1) is 17.0. The number of aryl methyl sites for hydroxylation is 1. The maximum absolute atomic E-state index is 11.0. The van der Waals surface area contributed by atoms with E-state index in [9.17, 15) is 4.79 Å². The van der Waals surface area contributed by atoms with Crippen LogP contribution in [0.1, 0.15) is 76.8 Å². The lowest BCUT2D eigenvalue weighted by Gasteiger charge is -2.33. The number of likely N-dealkylation sites (tertiary alicyclic amines) is 1. The minimum atomic E-state index is -0.245. The predicted octanol–water partition coefficient (Wildman–Crippen LogP) is 5.54. The van der Waals surface area contributed by atoms with Crippen LogP contribution in [-0.4, -0.2) is 73.7 Å². The van der Waals surface area contributed by atoms with E-state index in [0.717, 1.165) is 61.4 Å². The molecule has 0 aliphatic carbocycles. The standard InChI is InChI=1S/C19H26N2O2.C8H17NO.C2H6/c1-4-5-6-7-18-20-17(16-10-8-15(2)9-11-16)14-19(23-3)21(18)12-13-22;1-9-5-2-8(3-6-9)4-7-10;1-2/h8-11,13-14,19H,4-7,12H2,1-3H3;8,10H,2-7H2,1H3;1-2H3. The van der Waals surface area contributed by atoms with E-state index in [0.29, 0.717) is 13.2 Å². The highest BCUT2D eigenvalue weighted by Gasteiger charge is 2.25. The van der Waals surface area contributed by atoms with E-state index in [1.165, 1.54) is 31.5 Å². The van der Waals surface area contributed by atoms with E-state index in [-0.39, 0.29) is 6.23 Å². The SMILES string of the molecule is CC.CCCCCC1=NC(c2ccc(C)cc2)=CC(OC)N1CC=O.CN1CCC(CCO)CC1. The molecule has 2 aliphatic heterocycles. The lowest BCUT2D eigenvalue weighted by molar-refractivity contribution is -0.109. The molecule has 1 saturated heterocycles. The van der Waals surface area contributed by atoms with Gasteiger partial charge in [-0.05, 0) is 64.7 Å². The van der Waals surface area contributed by atoms with Gasteiger partial charge in [-0.15, -0.1) is 0 Å². The number of nitrogens with zero attached hydrogens (tertiary/aromatic N) is 3. The molecule has 0 amide bonds. The molecular weight excluding hydrogens is 438 g/mol. The third kappa shape index (κ3) is 11.1. The summed E-state index contributed by atoms with van der Waals surface area (Å²) in [5.41, 5.74) is 3.23. The van der Waals surface area contributed by atoms with Gasteiger partial charge in [-0.1, -0.05) is 63.4 Å². The fourth-order valence-corrected chi connectivity index (χ4v) is 4.25. The molecule has 0 bridgehead atoms. The summed E-state index contributed by atoms with van der Waals surface area (Å²) in [7, 11) is 3.83. The quantitative estimate of drug-likeness (QED) is 0.347. The second-order valence-corrected chi connectivity index (χ2v) is 9.11. The molecule has 6 nitrogen and oxygen atoms in total. The number of piperidine rings is 1. The minimum absolute atomic E-state index is 0.245. The number of rotatable bonds is 10. The first-order valence-electron chi connectivity index (χ1n) is 13.4. The number of ether oxygens (including phenoxy) is 1. The van der Waals surface area contributed by atoms with Crippen LogP contribution in [-0.2, 0) is 9.53 Å². The average Bonchev–Trinajstić information content (AvgIpc) is 2.88. The maximum atomic E-state index is 11.0. The number of amidine groups is 1. The van der Waals surface area contributed by atoms with Crippen molar-refractivity contribution in [2.45, 2.75) is 78.9 Å². The Balaban J connectivity index is 0.000000425. The molecule has 2 heterocycles. The van der Waals surface area contributed by atoms with Crippen molar-refractivity contribution in [3.8, 4) is 0 Å². The van der Waals surface area contributed by atoms with E-state index >= 15 is 0 Å². The Kier molecular flexibility index (Phi) is 16.2. The molecule has 1 N–H and O–H groups in total. The molecule has 1 aromatic rings. The van der Waals surface area contributed by atoms with Gasteiger partial charge in [0.05, 0.1) is 12.2 Å². The van der Waals surface area contributed by atoms with Crippen molar-refractivity contribution in [1.82, 2.24) is 9.80 Å². The number of aliphatic hydroxyl groups is 1. The number of carbonyl (C=O) groups is 1. The molecule has 2 aliphatic rings. The molecule has 198 valence electrons. The van der Waals surface area contributed by atoms with Crippen molar-refractivity contribution in [1.29, 1.82) is 0 Å². The molecule has 0 radical (unpaired) electrons. The molecule has 0 aromatic heterocycles. The third-order valence-corrected chi connectivity index (χ3v) is 6.43. The van der Waals surface area contributed by atoms with Crippen LogP contribution in [0, 0.1) is 12.8 Å². The zero-order valence-electron chi connectivity index (χ0n) is 23.0. The summed E-state index contributed by atoms with van der Waals surface area (Å²) in [6.07, 6.45) is 10.5. The maximum Gasteiger partial charge on any atom is 0.152 e. The number of aliphatic imine (C=N–C) groups is 1. The normalized spacial score (nSPS) is 18.5. The number of hydrogen-bond acceptors (Lipinski definition) is 6. The van der Waals surface area contributed by atoms with E-state index in [1.54, 1.807) is 7.11 Å². The van der Waals surface area contributed by atoms with Crippen molar-refractivity contribution in [2.75, 3.05) is 40.4 Å². The fraction of sp³-hybridized carbons (Fsp3) is 0.655. The first-order valence-corrected chi connectivity index (χ1v) is 13.4. The van der Waals surface area contributed by atoms with Gasteiger partial charge in [0.25, 0.3) is 0 Å². The highest BCUT2D eigenvalue weighted by Crippen LogP contribution is 2.25. The second-order valence-electron chi connectivity index (χ2n) is 9.11. The minimum Gasteiger partial charge on any atom is -0.396 e. The number of hydrogen-bond donors (Lipinski definition) is 1. The molecule has 1 fully saturated rings. The summed E-state index contributed by atoms with van der Waals surface area (Å²) in [4.78, 5) is 20.1. The fourth-order valence-electron chi connectivity index (χ4n) is 4.25. The van der Waals surface area contributed by atoms with E-state index in [4.69, 9.17) is 14.8 Å². The second kappa shape index (κ2) is 18.3. The Morgan fingerprint density at radius 1 is 1.14 bits per heavy atom. The number of unbranched alkanes of at least 4 members (excludes halogenated alkanes) is 2. The summed E-state index contributed by atoms with van der Waals surface area (Å²) in [5, 5.41) is 8.67. The van der Waals surface area contributed by atoms with Crippen LogP contribution in [0.25, 0.3) is 5.70 Å². The van der Waals surface area contributed by atoms with Crippen LogP contribution in [0.3, 0.4) is 0 Å². The molecule has 3 rings (SSSR count). The molecule has 0 saturated carbocycles. The van der Waals surface area contributed by atoms with Gasteiger partial charge in [0.15, 0.2) is 6.23 Å². The molecular formula is C29H49N3O3. The van der Waals surface area contributed by atoms with Gasteiger partial charge in [-0.2, -0.15) is 0 Å². The van der Waals surface area contributed by atoms with Gasteiger partial charge in [-0.25, -0.2) is 4.99 Å². The van der Waals surface area contributed by atoms with Gasteiger partial charge in [0, 0.05) is 25.7 Å². The smallest absolute Gasteiger partial charge is 0.152 e. The van der Waals surface area contributed by atoms with E-state index < -0.39 is 0 Å². The van der Waals surface area contributed by atoms with Gasteiger partial charge in [-0.3, -0.25) is 0 Å². The van der Waals surface area contributed by atoms with Crippen molar-refractivity contribution in [2.24, 2.45) is 10.9 Å². The molecule has 35 heavy (non-hydrogen) atoms. The van der Waals surface area contributed by atoms with Crippen LogP contribution in [0.15, 0.2) is 35.3 Å². The Labute approximate surface area is 214 Å². The monoisotopic (exact) mass is 487 g/mol. The Hall–Kier alpha value is -2.02. The molecule has 1 aromatic carbocycles. The van der Waals surface area contributed by atoms with E-state index in [2.05, 4.69) is 50.1 Å². The number of methoxy groups -OCH3 is 1. The Morgan fingerprint density at radius 2 is 1.80 bits per heavy atom. The van der Waals surface area contributed by atoms with E-state index in [1.807, 2.05) is 24.8 Å².